The normalized spacial score (nSPS) is 17.3. The molecule has 0 bridgehead atoms. The van der Waals surface area contributed by atoms with Gasteiger partial charge in [0, 0.05) is 24.1 Å². The zero-order valence-corrected chi connectivity index (χ0v) is 12.1. The Labute approximate surface area is 121 Å². The number of methoxy groups -OCH3 is 2. The summed E-state index contributed by atoms with van der Waals surface area (Å²) in [7, 11) is 3.20. The summed E-state index contributed by atoms with van der Waals surface area (Å²) in [4.78, 5) is 11.9. The van der Waals surface area contributed by atoms with Crippen LogP contribution in [0.5, 0.6) is 11.5 Å². The molecule has 0 saturated carbocycles. The molecule has 2 aromatic rings. The Kier molecular flexibility index (Phi) is 3.36. The van der Waals surface area contributed by atoms with E-state index in [0.717, 1.165) is 11.3 Å². The minimum atomic E-state index is 0.0286. The van der Waals surface area contributed by atoms with Gasteiger partial charge in [-0.1, -0.05) is 0 Å². The summed E-state index contributed by atoms with van der Waals surface area (Å²) < 4.78 is 10.6. The molecule has 5 heteroatoms. The van der Waals surface area contributed by atoms with Crippen molar-refractivity contribution in [2.24, 2.45) is 0 Å². The minimum Gasteiger partial charge on any atom is -0.493 e. The number of thiophene rings is 1. The number of ether oxygens (including phenoxy) is 2. The van der Waals surface area contributed by atoms with Crippen LogP contribution in [0.2, 0.25) is 0 Å². The highest BCUT2D eigenvalue weighted by Gasteiger charge is 2.28. The van der Waals surface area contributed by atoms with Crippen LogP contribution >= 0.6 is 11.3 Å². The molecule has 0 fully saturated rings. The van der Waals surface area contributed by atoms with E-state index in [0.29, 0.717) is 17.9 Å². The molecular formula is C15H15NO3S. The summed E-state index contributed by atoms with van der Waals surface area (Å²) in [5, 5.41) is 7.02. The predicted molar refractivity (Wildman–Crippen MR) is 79.0 cm³/mol. The first kappa shape index (κ1) is 13.0. The van der Waals surface area contributed by atoms with Gasteiger partial charge in [-0.2, -0.15) is 11.3 Å². The minimum absolute atomic E-state index is 0.0286. The highest BCUT2D eigenvalue weighted by molar-refractivity contribution is 7.08. The monoisotopic (exact) mass is 289 g/mol. The van der Waals surface area contributed by atoms with Gasteiger partial charge in [-0.25, -0.2) is 0 Å². The molecule has 104 valence electrons. The lowest BCUT2D eigenvalue weighted by Crippen LogP contribution is -2.23. The molecule has 0 radical (unpaired) electrons. The van der Waals surface area contributed by atoms with E-state index >= 15 is 0 Å². The molecule has 0 unspecified atom stereocenters. The molecular weight excluding hydrogens is 274 g/mol. The third-order valence-corrected chi connectivity index (χ3v) is 4.24. The van der Waals surface area contributed by atoms with Crippen LogP contribution < -0.4 is 14.8 Å². The second kappa shape index (κ2) is 5.17. The van der Waals surface area contributed by atoms with Crippen LogP contribution in [-0.2, 0) is 4.79 Å². The fourth-order valence-electron chi connectivity index (χ4n) is 2.56. The lowest BCUT2D eigenvalue weighted by molar-refractivity contribution is -0.116. The van der Waals surface area contributed by atoms with Gasteiger partial charge in [0.15, 0.2) is 11.5 Å². The first-order chi connectivity index (χ1) is 9.72. The number of carbonyl (C=O) groups excluding carboxylic acids is 1. The summed E-state index contributed by atoms with van der Waals surface area (Å²) in [5.41, 5.74) is 3.04. The van der Waals surface area contributed by atoms with Gasteiger partial charge in [0.25, 0.3) is 0 Å². The van der Waals surface area contributed by atoms with Crippen LogP contribution in [0.15, 0.2) is 29.0 Å². The second-order valence-electron chi connectivity index (χ2n) is 4.66. The quantitative estimate of drug-likeness (QED) is 0.943. The molecule has 1 amide bonds. The maximum atomic E-state index is 11.9. The standard InChI is InChI=1S/C15H15NO3S/c1-18-13-5-11-10(9-3-4-20-8-9)6-15(17)16-12(11)7-14(13)19-2/h3-5,7-8,10H,6H2,1-2H3,(H,16,17)/t10-/m1/s1. The molecule has 20 heavy (non-hydrogen) atoms. The fourth-order valence-corrected chi connectivity index (χ4v) is 3.27. The van der Waals surface area contributed by atoms with Crippen molar-refractivity contribution in [3.63, 3.8) is 0 Å². The fraction of sp³-hybridized carbons (Fsp3) is 0.267. The van der Waals surface area contributed by atoms with E-state index in [4.69, 9.17) is 9.47 Å². The molecule has 1 atom stereocenters. The Hall–Kier alpha value is -2.01. The van der Waals surface area contributed by atoms with Gasteiger partial charge >= 0.3 is 0 Å². The number of nitrogens with one attached hydrogen (secondary N) is 1. The van der Waals surface area contributed by atoms with E-state index in [2.05, 4.69) is 16.8 Å². The highest BCUT2D eigenvalue weighted by Crippen LogP contribution is 2.43. The van der Waals surface area contributed by atoms with Crippen molar-refractivity contribution < 1.29 is 14.3 Å². The predicted octanol–water partition coefficient (Wildman–Crippen LogP) is 3.24. The summed E-state index contributed by atoms with van der Waals surface area (Å²) in [6.07, 6.45) is 0.458. The van der Waals surface area contributed by atoms with Crippen LogP contribution in [0, 0.1) is 0 Å². The largest absolute Gasteiger partial charge is 0.493 e. The van der Waals surface area contributed by atoms with Gasteiger partial charge in [0.05, 0.1) is 14.2 Å². The summed E-state index contributed by atoms with van der Waals surface area (Å²) in [5.74, 6) is 1.41. The average Bonchev–Trinajstić information content (AvgIpc) is 2.98. The van der Waals surface area contributed by atoms with Gasteiger partial charge in [-0.15, -0.1) is 0 Å². The molecule has 1 aliphatic heterocycles. The topological polar surface area (TPSA) is 47.6 Å². The van der Waals surface area contributed by atoms with E-state index in [1.165, 1.54) is 5.56 Å². The van der Waals surface area contributed by atoms with Crippen molar-refractivity contribution in [1.82, 2.24) is 0 Å². The number of benzene rings is 1. The maximum Gasteiger partial charge on any atom is 0.225 e. The average molecular weight is 289 g/mol. The van der Waals surface area contributed by atoms with Crippen molar-refractivity contribution in [2.75, 3.05) is 19.5 Å². The highest BCUT2D eigenvalue weighted by atomic mass is 32.1. The maximum absolute atomic E-state index is 11.9. The van der Waals surface area contributed by atoms with Crippen molar-refractivity contribution >= 4 is 22.9 Å². The van der Waals surface area contributed by atoms with E-state index in [-0.39, 0.29) is 11.8 Å². The Balaban J connectivity index is 2.13. The van der Waals surface area contributed by atoms with Crippen LogP contribution in [0.1, 0.15) is 23.5 Å². The second-order valence-corrected chi connectivity index (χ2v) is 5.44. The molecule has 2 heterocycles. The van der Waals surface area contributed by atoms with Gasteiger partial charge in [0.1, 0.15) is 0 Å². The first-order valence-electron chi connectivity index (χ1n) is 6.30. The van der Waals surface area contributed by atoms with Crippen LogP contribution in [-0.4, -0.2) is 20.1 Å². The molecule has 0 saturated heterocycles. The van der Waals surface area contributed by atoms with Crippen molar-refractivity contribution in [3.05, 3.63) is 40.1 Å². The van der Waals surface area contributed by atoms with E-state index in [1.807, 2.05) is 17.5 Å². The zero-order valence-electron chi connectivity index (χ0n) is 11.3. The Morgan fingerprint density at radius 1 is 1.25 bits per heavy atom. The SMILES string of the molecule is COc1cc2c(cc1OC)[C@@H](c1ccsc1)CC(=O)N2. The molecule has 3 rings (SSSR count). The van der Waals surface area contributed by atoms with Crippen LogP contribution in [0.25, 0.3) is 0 Å². The zero-order chi connectivity index (χ0) is 14.1. The summed E-state index contributed by atoms with van der Waals surface area (Å²) >= 11 is 1.64. The lowest BCUT2D eigenvalue weighted by Gasteiger charge is -2.26. The van der Waals surface area contributed by atoms with E-state index in [9.17, 15) is 4.79 Å². The summed E-state index contributed by atoms with van der Waals surface area (Å²) in [6.45, 7) is 0. The van der Waals surface area contributed by atoms with Crippen molar-refractivity contribution in [2.45, 2.75) is 12.3 Å². The van der Waals surface area contributed by atoms with Crippen molar-refractivity contribution in [1.29, 1.82) is 0 Å². The van der Waals surface area contributed by atoms with E-state index < -0.39 is 0 Å². The number of amides is 1. The van der Waals surface area contributed by atoms with Crippen LogP contribution in [0.4, 0.5) is 5.69 Å². The molecule has 4 nitrogen and oxygen atoms in total. The van der Waals surface area contributed by atoms with E-state index in [1.54, 1.807) is 25.6 Å². The molecule has 1 aromatic heterocycles. The number of hydrogen-bond donors (Lipinski definition) is 1. The third kappa shape index (κ3) is 2.14. The third-order valence-electron chi connectivity index (χ3n) is 3.54. The first-order valence-corrected chi connectivity index (χ1v) is 7.25. The molecule has 0 spiro atoms. The van der Waals surface area contributed by atoms with Crippen LogP contribution in [0.3, 0.4) is 0 Å². The number of anilines is 1. The van der Waals surface area contributed by atoms with Gasteiger partial charge < -0.3 is 14.8 Å². The Morgan fingerprint density at radius 3 is 2.65 bits per heavy atom. The number of fused-ring (bicyclic) bond motifs is 1. The Morgan fingerprint density at radius 2 is 2.00 bits per heavy atom. The number of hydrogen-bond acceptors (Lipinski definition) is 4. The number of carbonyl (C=O) groups is 1. The molecule has 0 aliphatic carbocycles. The molecule has 1 aliphatic rings. The lowest BCUT2D eigenvalue weighted by atomic mass is 9.86. The summed E-state index contributed by atoms with van der Waals surface area (Å²) in [6, 6.07) is 5.84. The Bertz CT molecular complexity index is 637. The van der Waals surface area contributed by atoms with Crippen molar-refractivity contribution in [3.8, 4) is 11.5 Å². The molecule has 1 N–H and O–H groups in total. The molecule has 1 aromatic carbocycles. The smallest absolute Gasteiger partial charge is 0.225 e. The van der Waals surface area contributed by atoms with Gasteiger partial charge in [-0.05, 0) is 34.0 Å². The van der Waals surface area contributed by atoms with Gasteiger partial charge in [0.2, 0.25) is 5.91 Å². The van der Waals surface area contributed by atoms with Gasteiger partial charge in [-0.3, -0.25) is 4.79 Å². The number of rotatable bonds is 3.